The Balaban J connectivity index is 2.36. The minimum Gasteiger partial charge on any atom is -0.396 e. The van der Waals surface area contributed by atoms with E-state index in [4.69, 9.17) is 9.84 Å². The summed E-state index contributed by atoms with van der Waals surface area (Å²) in [4.78, 5) is 12.1. The van der Waals surface area contributed by atoms with Crippen molar-refractivity contribution in [3.8, 4) is 0 Å². The molecule has 1 aliphatic heterocycles. The molecule has 0 saturated carbocycles. The first-order valence-electron chi connectivity index (χ1n) is 7.00. The molecule has 1 aliphatic rings. The van der Waals surface area contributed by atoms with E-state index in [0.29, 0.717) is 13.2 Å². The lowest BCUT2D eigenvalue weighted by molar-refractivity contribution is -0.127. The van der Waals surface area contributed by atoms with Gasteiger partial charge in [-0.25, -0.2) is 0 Å². The first-order chi connectivity index (χ1) is 8.50. The highest BCUT2D eigenvalue weighted by Gasteiger charge is 2.33. The number of ether oxygens (including phenoxy) is 1. The Morgan fingerprint density at radius 2 is 2.22 bits per heavy atom. The highest BCUT2D eigenvalue weighted by Crippen LogP contribution is 2.25. The molecule has 0 spiro atoms. The third-order valence-corrected chi connectivity index (χ3v) is 3.70. The van der Waals surface area contributed by atoms with Crippen LogP contribution in [-0.4, -0.2) is 36.9 Å². The predicted octanol–water partition coefficient (Wildman–Crippen LogP) is 1.72. The van der Waals surface area contributed by atoms with Crippen molar-refractivity contribution in [3.63, 3.8) is 0 Å². The van der Waals surface area contributed by atoms with Crippen LogP contribution in [0.15, 0.2) is 0 Å². The largest absolute Gasteiger partial charge is 0.396 e. The topological polar surface area (TPSA) is 58.6 Å². The Labute approximate surface area is 110 Å². The van der Waals surface area contributed by atoms with Crippen molar-refractivity contribution in [1.29, 1.82) is 0 Å². The van der Waals surface area contributed by atoms with Crippen molar-refractivity contribution < 1.29 is 14.6 Å². The van der Waals surface area contributed by atoms with E-state index in [1.54, 1.807) is 0 Å². The van der Waals surface area contributed by atoms with Gasteiger partial charge in [0.15, 0.2) is 0 Å². The SMILES string of the molecule is CCC1OCCC1C(=O)NCC(C)(C)CCCO. The molecule has 0 bridgehead atoms. The van der Waals surface area contributed by atoms with Gasteiger partial charge in [-0.05, 0) is 31.1 Å². The van der Waals surface area contributed by atoms with Crippen molar-refractivity contribution in [1.82, 2.24) is 5.32 Å². The molecule has 0 aromatic rings. The van der Waals surface area contributed by atoms with E-state index in [-0.39, 0.29) is 30.0 Å². The maximum atomic E-state index is 12.1. The molecular formula is C14H27NO3. The van der Waals surface area contributed by atoms with Gasteiger partial charge >= 0.3 is 0 Å². The first kappa shape index (κ1) is 15.4. The van der Waals surface area contributed by atoms with Crippen LogP contribution in [0.1, 0.15) is 46.5 Å². The van der Waals surface area contributed by atoms with E-state index in [0.717, 1.165) is 25.7 Å². The van der Waals surface area contributed by atoms with Crippen LogP contribution in [0.2, 0.25) is 0 Å². The smallest absolute Gasteiger partial charge is 0.225 e. The van der Waals surface area contributed by atoms with Crippen LogP contribution in [0.5, 0.6) is 0 Å². The number of hydrogen-bond donors (Lipinski definition) is 2. The Morgan fingerprint density at radius 1 is 1.50 bits per heavy atom. The predicted molar refractivity (Wildman–Crippen MR) is 71.2 cm³/mol. The standard InChI is InChI=1S/C14H27NO3/c1-4-12-11(6-9-18-12)13(17)15-10-14(2,3)7-5-8-16/h11-12,16H,4-10H2,1-3H3,(H,15,17). The summed E-state index contributed by atoms with van der Waals surface area (Å²) in [6, 6.07) is 0. The molecule has 1 heterocycles. The van der Waals surface area contributed by atoms with Gasteiger partial charge in [-0.15, -0.1) is 0 Å². The third kappa shape index (κ3) is 4.58. The quantitative estimate of drug-likeness (QED) is 0.730. The molecule has 0 aliphatic carbocycles. The van der Waals surface area contributed by atoms with E-state index in [1.165, 1.54) is 0 Å². The molecule has 4 heteroatoms. The van der Waals surface area contributed by atoms with Crippen molar-refractivity contribution >= 4 is 5.91 Å². The Kier molecular flexibility index (Phi) is 6.09. The molecule has 0 radical (unpaired) electrons. The second-order valence-electron chi connectivity index (χ2n) is 5.92. The van der Waals surface area contributed by atoms with Crippen LogP contribution >= 0.6 is 0 Å². The fourth-order valence-corrected chi connectivity index (χ4v) is 2.45. The Bertz CT molecular complexity index is 266. The van der Waals surface area contributed by atoms with Gasteiger partial charge in [0.1, 0.15) is 0 Å². The minimum absolute atomic E-state index is 0.0173. The molecule has 2 N–H and O–H groups in total. The summed E-state index contributed by atoms with van der Waals surface area (Å²) in [7, 11) is 0. The first-order valence-corrected chi connectivity index (χ1v) is 7.00. The summed E-state index contributed by atoms with van der Waals surface area (Å²) in [5, 5.41) is 11.9. The molecule has 2 atom stereocenters. The molecule has 1 rings (SSSR count). The summed E-state index contributed by atoms with van der Waals surface area (Å²) < 4.78 is 5.54. The number of aliphatic hydroxyl groups is 1. The Morgan fingerprint density at radius 3 is 2.83 bits per heavy atom. The zero-order valence-electron chi connectivity index (χ0n) is 11.9. The summed E-state index contributed by atoms with van der Waals surface area (Å²) in [5.74, 6) is 0.139. The third-order valence-electron chi connectivity index (χ3n) is 3.70. The molecule has 1 fully saturated rings. The average molecular weight is 257 g/mol. The van der Waals surface area contributed by atoms with Crippen molar-refractivity contribution in [2.45, 2.75) is 52.6 Å². The van der Waals surface area contributed by atoms with Gasteiger partial charge in [0.25, 0.3) is 0 Å². The second kappa shape index (κ2) is 7.10. The summed E-state index contributed by atoms with van der Waals surface area (Å²) in [6.45, 7) is 7.87. The van der Waals surface area contributed by atoms with Crippen LogP contribution in [-0.2, 0) is 9.53 Å². The lowest BCUT2D eigenvalue weighted by atomic mass is 9.87. The Hall–Kier alpha value is -0.610. The van der Waals surface area contributed by atoms with Crippen LogP contribution in [0.25, 0.3) is 0 Å². The molecule has 0 aromatic carbocycles. The number of hydrogen-bond acceptors (Lipinski definition) is 3. The van der Waals surface area contributed by atoms with Gasteiger partial charge in [-0.1, -0.05) is 20.8 Å². The molecule has 1 amide bonds. The van der Waals surface area contributed by atoms with Gasteiger partial charge < -0.3 is 15.2 Å². The number of aliphatic hydroxyl groups excluding tert-OH is 1. The van der Waals surface area contributed by atoms with E-state index in [1.807, 2.05) is 0 Å². The van der Waals surface area contributed by atoms with Gasteiger partial charge in [-0.2, -0.15) is 0 Å². The minimum atomic E-state index is 0.0173. The monoisotopic (exact) mass is 257 g/mol. The van der Waals surface area contributed by atoms with Gasteiger partial charge in [0, 0.05) is 19.8 Å². The highest BCUT2D eigenvalue weighted by atomic mass is 16.5. The van der Waals surface area contributed by atoms with Crippen LogP contribution in [0.3, 0.4) is 0 Å². The fourth-order valence-electron chi connectivity index (χ4n) is 2.45. The van der Waals surface area contributed by atoms with Crippen LogP contribution in [0, 0.1) is 11.3 Å². The van der Waals surface area contributed by atoms with E-state index >= 15 is 0 Å². The lowest BCUT2D eigenvalue weighted by Gasteiger charge is -2.26. The van der Waals surface area contributed by atoms with Crippen molar-refractivity contribution in [2.24, 2.45) is 11.3 Å². The molecule has 106 valence electrons. The van der Waals surface area contributed by atoms with E-state index < -0.39 is 0 Å². The summed E-state index contributed by atoms with van der Waals surface area (Å²) in [5.41, 5.74) is 0.0412. The number of nitrogens with one attached hydrogen (secondary N) is 1. The van der Waals surface area contributed by atoms with Gasteiger partial charge in [0.05, 0.1) is 12.0 Å². The summed E-state index contributed by atoms with van der Waals surface area (Å²) >= 11 is 0. The van der Waals surface area contributed by atoms with Crippen molar-refractivity contribution in [2.75, 3.05) is 19.8 Å². The zero-order chi connectivity index (χ0) is 13.6. The summed E-state index contributed by atoms with van der Waals surface area (Å²) in [6.07, 6.45) is 3.52. The number of rotatable bonds is 7. The molecular weight excluding hydrogens is 230 g/mol. The lowest BCUT2D eigenvalue weighted by Crippen LogP contribution is -2.40. The maximum absolute atomic E-state index is 12.1. The fraction of sp³-hybridized carbons (Fsp3) is 0.929. The van der Waals surface area contributed by atoms with Gasteiger partial charge in [0.2, 0.25) is 5.91 Å². The molecule has 18 heavy (non-hydrogen) atoms. The number of carbonyl (C=O) groups is 1. The average Bonchev–Trinajstić information content (AvgIpc) is 2.82. The number of carbonyl (C=O) groups excluding carboxylic acids is 1. The van der Waals surface area contributed by atoms with Gasteiger partial charge in [-0.3, -0.25) is 4.79 Å². The molecule has 0 aromatic heterocycles. The molecule has 1 saturated heterocycles. The van der Waals surface area contributed by atoms with E-state index in [2.05, 4.69) is 26.1 Å². The highest BCUT2D eigenvalue weighted by molar-refractivity contribution is 5.79. The number of amides is 1. The normalized spacial score (nSPS) is 24.2. The van der Waals surface area contributed by atoms with Crippen molar-refractivity contribution in [3.05, 3.63) is 0 Å². The van der Waals surface area contributed by atoms with Crippen LogP contribution in [0.4, 0.5) is 0 Å². The zero-order valence-corrected chi connectivity index (χ0v) is 11.9. The second-order valence-corrected chi connectivity index (χ2v) is 5.92. The molecule has 2 unspecified atom stereocenters. The molecule has 4 nitrogen and oxygen atoms in total. The maximum Gasteiger partial charge on any atom is 0.225 e. The van der Waals surface area contributed by atoms with Crippen LogP contribution < -0.4 is 5.32 Å². The van der Waals surface area contributed by atoms with E-state index in [9.17, 15) is 4.79 Å².